The molecule has 92 valence electrons. The highest BCUT2D eigenvalue weighted by atomic mass is 16.5. The molecule has 1 aromatic heterocycles. The summed E-state index contributed by atoms with van der Waals surface area (Å²) in [5, 5.41) is 3.33. The molecule has 1 aromatic rings. The van der Waals surface area contributed by atoms with Crippen molar-refractivity contribution in [3.05, 3.63) is 24.2 Å². The molecule has 0 aliphatic heterocycles. The van der Waals surface area contributed by atoms with Gasteiger partial charge in [0.2, 0.25) is 0 Å². The van der Waals surface area contributed by atoms with Crippen molar-refractivity contribution in [1.29, 1.82) is 0 Å². The first-order valence-corrected chi connectivity index (χ1v) is 5.70. The van der Waals surface area contributed by atoms with Crippen molar-refractivity contribution in [2.45, 2.75) is 39.3 Å². The van der Waals surface area contributed by atoms with Crippen LogP contribution in [-0.2, 0) is 11.2 Å². The molecule has 0 saturated heterocycles. The molecule has 0 bridgehead atoms. The summed E-state index contributed by atoms with van der Waals surface area (Å²) in [6.07, 6.45) is 4.59. The molecular weight excluding hydrogens is 202 g/mol. The minimum atomic E-state index is 0.117. The van der Waals surface area contributed by atoms with E-state index in [0.29, 0.717) is 6.04 Å². The van der Waals surface area contributed by atoms with Gasteiger partial charge in [-0.2, -0.15) is 0 Å². The molecule has 0 spiro atoms. The number of rotatable bonds is 5. The Hall–Kier alpha value is -0.800. The monoisotopic (exact) mass is 225 g/mol. The van der Waals surface area contributed by atoms with Crippen molar-refractivity contribution in [3.8, 4) is 0 Å². The zero-order valence-electron chi connectivity index (χ0n) is 10.9. The lowest BCUT2D eigenvalue weighted by Gasteiger charge is -2.35. The first kappa shape index (κ1) is 13.3. The van der Waals surface area contributed by atoms with Crippen molar-refractivity contribution in [2.75, 3.05) is 14.2 Å². The highest BCUT2D eigenvalue weighted by Crippen LogP contribution is 2.26. The Kier molecular flexibility index (Phi) is 4.56. The molecule has 0 fully saturated rings. The molecule has 3 nitrogen and oxygen atoms in total. The van der Waals surface area contributed by atoms with Crippen molar-refractivity contribution in [3.63, 3.8) is 0 Å². The third-order valence-corrected chi connectivity index (χ3v) is 2.88. The number of ether oxygens (including phenoxy) is 1. The summed E-state index contributed by atoms with van der Waals surface area (Å²) in [6, 6.07) is 2.29. The van der Waals surface area contributed by atoms with Gasteiger partial charge in [0, 0.05) is 13.2 Å². The van der Waals surface area contributed by atoms with Gasteiger partial charge >= 0.3 is 0 Å². The Bertz CT molecular complexity index is 287. The number of methoxy groups -OCH3 is 1. The Morgan fingerprint density at radius 3 is 2.50 bits per heavy atom. The van der Waals surface area contributed by atoms with Crippen LogP contribution in [0.25, 0.3) is 0 Å². The number of hydrogen-bond donors (Lipinski definition) is 1. The van der Waals surface area contributed by atoms with Crippen molar-refractivity contribution >= 4 is 0 Å². The highest BCUT2D eigenvalue weighted by Gasteiger charge is 2.31. The third-order valence-electron chi connectivity index (χ3n) is 2.88. The second kappa shape index (κ2) is 5.51. The van der Waals surface area contributed by atoms with Crippen LogP contribution in [-0.4, -0.2) is 26.3 Å². The molecule has 3 heteroatoms. The molecule has 0 radical (unpaired) electrons. The van der Waals surface area contributed by atoms with Gasteiger partial charge < -0.3 is 14.5 Å². The molecular formula is C13H23NO2. The zero-order valence-corrected chi connectivity index (χ0v) is 10.9. The van der Waals surface area contributed by atoms with Gasteiger partial charge in [0.05, 0.1) is 18.6 Å². The summed E-state index contributed by atoms with van der Waals surface area (Å²) in [6.45, 7) is 6.59. The van der Waals surface area contributed by atoms with E-state index in [1.54, 1.807) is 19.6 Å². The fraction of sp³-hybridized carbons (Fsp3) is 0.692. The first-order chi connectivity index (χ1) is 7.49. The average molecular weight is 225 g/mol. The molecule has 2 unspecified atom stereocenters. The molecule has 16 heavy (non-hydrogen) atoms. The number of likely N-dealkylation sites (N-methyl/N-ethyl adjacent to an activating group) is 1. The van der Waals surface area contributed by atoms with E-state index in [1.807, 2.05) is 13.1 Å². The highest BCUT2D eigenvalue weighted by molar-refractivity contribution is 5.08. The Labute approximate surface area is 98.2 Å². The molecule has 1 rings (SSSR count). The molecule has 0 aliphatic carbocycles. The van der Waals surface area contributed by atoms with E-state index < -0.39 is 0 Å². The Morgan fingerprint density at radius 2 is 2.12 bits per heavy atom. The van der Waals surface area contributed by atoms with E-state index in [-0.39, 0.29) is 11.5 Å². The molecule has 0 saturated carbocycles. The van der Waals surface area contributed by atoms with Crippen molar-refractivity contribution < 1.29 is 9.15 Å². The SMILES string of the molecule is CNC(Cc1ccoc1)C(OC)C(C)(C)C. The maximum Gasteiger partial charge on any atom is 0.0935 e. The van der Waals surface area contributed by atoms with Crippen LogP contribution in [0, 0.1) is 5.41 Å². The van der Waals surface area contributed by atoms with Crippen LogP contribution >= 0.6 is 0 Å². The number of furan rings is 1. The smallest absolute Gasteiger partial charge is 0.0935 e. The van der Waals surface area contributed by atoms with Crippen LogP contribution in [0.15, 0.2) is 23.0 Å². The summed E-state index contributed by atoms with van der Waals surface area (Å²) in [5.74, 6) is 0. The van der Waals surface area contributed by atoms with E-state index in [2.05, 4.69) is 26.1 Å². The molecule has 0 aromatic carbocycles. The predicted octanol–water partition coefficient (Wildman–Crippen LogP) is 2.47. The van der Waals surface area contributed by atoms with Crippen LogP contribution in [0.3, 0.4) is 0 Å². The van der Waals surface area contributed by atoms with Gasteiger partial charge in [-0.25, -0.2) is 0 Å². The van der Waals surface area contributed by atoms with Gasteiger partial charge in [-0.05, 0) is 30.5 Å². The topological polar surface area (TPSA) is 34.4 Å². The number of nitrogens with one attached hydrogen (secondary N) is 1. The lowest BCUT2D eigenvalue weighted by Crippen LogP contribution is -2.47. The quantitative estimate of drug-likeness (QED) is 0.836. The maximum atomic E-state index is 5.62. The van der Waals surface area contributed by atoms with Crippen LogP contribution in [0.5, 0.6) is 0 Å². The molecule has 1 heterocycles. The zero-order chi connectivity index (χ0) is 12.2. The van der Waals surface area contributed by atoms with Gasteiger partial charge in [-0.3, -0.25) is 0 Å². The largest absolute Gasteiger partial charge is 0.472 e. The van der Waals surface area contributed by atoms with E-state index in [9.17, 15) is 0 Å². The summed E-state index contributed by atoms with van der Waals surface area (Å²) in [7, 11) is 3.75. The Morgan fingerprint density at radius 1 is 1.44 bits per heavy atom. The van der Waals surface area contributed by atoms with E-state index >= 15 is 0 Å². The molecule has 2 atom stereocenters. The molecule has 1 N–H and O–H groups in total. The minimum Gasteiger partial charge on any atom is -0.472 e. The Balaban J connectivity index is 2.72. The van der Waals surface area contributed by atoms with Crippen molar-refractivity contribution in [1.82, 2.24) is 5.32 Å². The standard InChI is InChI=1S/C13H23NO2/c1-13(2,3)12(15-5)11(14-4)8-10-6-7-16-9-10/h6-7,9,11-12,14H,8H2,1-5H3. The van der Waals surface area contributed by atoms with Gasteiger partial charge in [-0.1, -0.05) is 20.8 Å². The molecule has 0 amide bonds. The summed E-state index contributed by atoms with van der Waals surface area (Å²) in [5.41, 5.74) is 1.32. The third kappa shape index (κ3) is 3.35. The van der Waals surface area contributed by atoms with E-state index in [1.165, 1.54) is 5.56 Å². The van der Waals surface area contributed by atoms with Gasteiger partial charge in [0.25, 0.3) is 0 Å². The van der Waals surface area contributed by atoms with Gasteiger partial charge in [-0.15, -0.1) is 0 Å². The normalized spacial score (nSPS) is 16.1. The summed E-state index contributed by atoms with van der Waals surface area (Å²) in [4.78, 5) is 0. The second-order valence-corrected chi connectivity index (χ2v) is 5.25. The fourth-order valence-electron chi connectivity index (χ4n) is 2.14. The maximum absolute atomic E-state index is 5.62. The van der Waals surface area contributed by atoms with E-state index in [0.717, 1.165) is 6.42 Å². The first-order valence-electron chi connectivity index (χ1n) is 5.70. The average Bonchev–Trinajstić information content (AvgIpc) is 2.67. The van der Waals surface area contributed by atoms with Crippen molar-refractivity contribution in [2.24, 2.45) is 5.41 Å². The number of hydrogen-bond acceptors (Lipinski definition) is 3. The second-order valence-electron chi connectivity index (χ2n) is 5.25. The minimum absolute atomic E-state index is 0.117. The predicted molar refractivity (Wildman–Crippen MR) is 65.5 cm³/mol. The van der Waals surface area contributed by atoms with Crippen LogP contribution in [0.4, 0.5) is 0 Å². The van der Waals surface area contributed by atoms with E-state index in [4.69, 9.17) is 9.15 Å². The van der Waals surface area contributed by atoms with Crippen LogP contribution in [0.2, 0.25) is 0 Å². The fourth-order valence-corrected chi connectivity index (χ4v) is 2.14. The lowest BCUT2D eigenvalue weighted by molar-refractivity contribution is -0.00923. The summed E-state index contributed by atoms with van der Waals surface area (Å²) >= 11 is 0. The van der Waals surface area contributed by atoms with Crippen LogP contribution < -0.4 is 5.32 Å². The summed E-state index contributed by atoms with van der Waals surface area (Å²) < 4.78 is 10.7. The van der Waals surface area contributed by atoms with Crippen LogP contribution in [0.1, 0.15) is 26.3 Å². The molecule has 0 aliphatic rings. The lowest BCUT2D eigenvalue weighted by atomic mass is 9.82. The van der Waals surface area contributed by atoms with Gasteiger partial charge in [0.1, 0.15) is 0 Å². The van der Waals surface area contributed by atoms with Gasteiger partial charge in [0.15, 0.2) is 0 Å².